The maximum atomic E-state index is 14.3. The van der Waals surface area contributed by atoms with Crippen LogP contribution in [0.5, 0.6) is 0 Å². The van der Waals surface area contributed by atoms with Crippen LogP contribution >= 0.6 is 11.6 Å². The van der Waals surface area contributed by atoms with Crippen LogP contribution in [0.15, 0.2) is 36.4 Å². The highest BCUT2D eigenvalue weighted by molar-refractivity contribution is 6.30. The van der Waals surface area contributed by atoms with E-state index >= 15 is 0 Å². The van der Waals surface area contributed by atoms with Gasteiger partial charge in [0, 0.05) is 29.0 Å². The summed E-state index contributed by atoms with van der Waals surface area (Å²) in [6, 6.07) is 6.16. The molecule has 0 aromatic heterocycles. The van der Waals surface area contributed by atoms with Gasteiger partial charge in [0.05, 0.1) is 6.04 Å². The first-order valence-corrected chi connectivity index (χ1v) is 11.5. The van der Waals surface area contributed by atoms with E-state index in [2.05, 4.69) is 10.6 Å². The van der Waals surface area contributed by atoms with Crippen molar-refractivity contribution in [2.24, 2.45) is 0 Å². The molecule has 0 radical (unpaired) electrons. The van der Waals surface area contributed by atoms with Crippen molar-refractivity contribution in [2.45, 2.75) is 71.6 Å². The van der Waals surface area contributed by atoms with Gasteiger partial charge in [-0.25, -0.2) is 13.6 Å². The van der Waals surface area contributed by atoms with Gasteiger partial charge < -0.3 is 15.4 Å². The van der Waals surface area contributed by atoms with Gasteiger partial charge in [0.15, 0.2) is 5.78 Å². The molecule has 0 aliphatic carbocycles. The Morgan fingerprint density at radius 1 is 0.971 bits per heavy atom. The molecule has 0 bridgehead atoms. The normalized spacial score (nSPS) is 12.6. The third-order valence-corrected chi connectivity index (χ3v) is 4.91. The molecule has 0 aliphatic rings. The number of ketones is 1. The summed E-state index contributed by atoms with van der Waals surface area (Å²) in [5.41, 5.74) is -0.873. The lowest BCUT2D eigenvalue weighted by Gasteiger charge is -2.24. The second-order valence-corrected chi connectivity index (χ2v) is 10.7. The van der Waals surface area contributed by atoms with Crippen molar-refractivity contribution in [1.29, 1.82) is 0 Å². The van der Waals surface area contributed by atoms with E-state index in [4.69, 9.17) is 16.3 Å². The summed E-state index contributed by atoms with van der Waals surface area (Å²) < 4.78 is 33.3. The maximum Gasteiger partial charge on any atom is 0.408 e. The minimum atomic E-state index is -1.25. The summed E-state index contributed by atoms with van der Waals surface area (Å²) in [6.07, 6.45) is -1.49. The molecule has 2 rings (SSSR count). The van der Waals surface area contributed by atoms with Gasteiger partial charge in [-0.05, 0) is 89.1 Å². The van der Waals surface area contributed by atoms with Gasteiger partial charge in [0.1, 0.15) is 17.2 Å². The second-order valence-electron chi connectivity index (χ2n) is 10.3. The van der Waals surface area contributed by atoms with Crippen molar-refractivity contribution >= 4 is 29.4 Å². The molecule has 1 unspecified atom stereocenters. The number of rotatable bonds is 7. The molecule has 0 fully saturated rings. The predicted molar refractivity (Wildman–Crippen MR) is 131 cm³/mol. The zero-order valence-electron chi connectivity index (χ0n) is 20.7. The van der Waals surface area contributed by atoms with E-state index in [0.717, 1.165) is 18.2 Å². The van der Waals surface area contributed by atoms with Crippen LogP contribution in [0, 0.1) is 11.6 Å². The Morgan fingerprint density at radius 2 is 1.63 bits per heavy atom. The van der Waals surface area contributed by atoms with Crippen LogP contribution in [-0.2, 0) is 22.4 Å². The Labute approximate surface area is 209 Å². The molecule has 6 nitrogen and oxygen atoms in total. The van der Waals surface area contributed by atoms with E-state index in [1.807, 2.05) is 20.8 Å². The number of carbonyl (C=O) groups excluding carboxylic acids is 3. The fourth-order valence-corrected chi connectivity index (χ4v) is 3.46. The highest BCUT2D eigenvalue weighted by atomic mass is 35.5. The quantitative estimate of drug-likeness (QED) is 0.525. The Kier molecular flexibility index (Phi) is 9.00. The summed E-state index contributed by atoms with van der Waals surface area (Å²) in [5.74, 6) is -2.33. The number of nitrogens with one attached hydrogen (secondary N) is 2. The van der Waals surface area contributed by atoms with Gasteiger partial charge in [-0.3, -0.25) is 9.59 Å². The summed E-state index contributed by atoms with van der Waals surface area (Å²) in [5, 5.41) is 5.60. The minimum absolute atomic E-state index is 0.0869. The van der Waals surface area contributed by atoms with E-state index in [9.17, 15) is 23.2 Å². The van der Waals surface area contributed by atoms with Crippen LogP contribution in [0.25, 0.3) is 0 Å². The third kappa shape index (κ3) is 9.28. The lowest BCUT2D eigenvalue weighted by atomic mass is 9.94. The molecule has 9 heteroatoms. The number of halogens is 3. The third-order valence-electron chi connectivity index (χ3n) is 4.68. The molecule has 1 atom stereocenters. The Balaban J connectivity index is 2.37. The van der Waals surface area contributed by atoms with Gasteiger partial charge >= 0.3 is 6.09 Å². The van der Waals surface area contributed by atoms with Crippen LogP contribution in [0.4, 0.5) is 13.6 Å². The second kappa shape index (κ2) is 11.2. The number of hydrogen-bond donors (Lipinski definition) is 2. The summed E-state index contributed by atoms with van der Waals surface area (Å²) in [4.78, 5) is 38.5. The van der Waals surface area contributed by atoms with Crippen LogP contribution in [0.2, 0.25) is 5.02 Å². The van der Waals surface area contributed by atoms with Gasteiger partial charge in [-0.15, -0.1) is 0 Å². The molecule has 0 heterocycles. The fourth-order valence-electron chi connectivity index (χ4n) is 3.26. The number of ether oxygens (including phenoxy) is 1. The van der Waals surface area contributed by atoms with Gasteiger partial charge in [-0.1, -0.05) is 11.6 Å². The highest BCUT2D eigenvalue weighted by Gasteiger charge is 2.27. The standard InChI is InChI=1S/C26H31ClF2N2O4/c1-25(2,3)31-23(33)19-9-7-17(27)11-15(19)14-22(32)21(30-24(34)35-26(4,5)6)13-16-12-18(28)8-10-20(16)29/h7-12,21H,13-14H2,1-6H3,(H,30,34)(H,31,33). The van der Waals surface area contributed by atoms with Crippen molar-refractivity contribution in [3.05, 3.63) is 69.7 Å². The molecule has 190 valence electrons. The predicted octanol–water partition coefficient (Wildman–Crippen LogP) is 5.39. The van der Waals surface area contributed by atoms with Crippen LogP contribution in [0.1, 0.15) is 63.0 Å². The molecule has 2 amide bonds. The molecule has 0 spiro atoms. The van der Waals surface area contributed by atoms with Crippen molar-refractivity contribution in [3.8, 4) is 0 Å². The van der Waals surface area contributed by atoms with E-state index < -0.39 is 46.6 Å². The Bertz CT molecular complexity index is 1110. The van der Waals surface area contributed by atoms with Crippen LogP contribution in [0.3, 0.4) is 0 Å². The average molecular weight is 509 g/mol. The van der Waals surface area contributed by atoms with Crippen LogP contribution < -0.4 is 10.6 Å². The maximum absolute atomic E-state index is 14.3. The number of Topliss-reactive ketones (excluding diaryl/α,β-unsaturated/α-hetero) is 1. The topological polar surface area (TPSA) is 84.5 Å². The van der Waals surface area contributed by atoms with Crippen LogP contribution in [-0.4, -0.2) is 35.0 Å². The van der Waals surface area contributed by atoms with E-state index in [-0.39, 0.29) is 24.0 Å². The largest absolute Gasteiger partial charge is 0.444 e. The number of amides is 2. The molecule has 35 heavy (non-hydrogen) atoms. The van der Waals surface area contributed by atoms with E-state index in [1.165, 1.54) is 18.2 Å². The molecule has 2 N–H and O–H groups in total. The fraction of sp³-hybridized carbons (Fsp3) is 0.423. The average Bonchev–Trinajstić information content (AvgIpc) is 2.67. The molecule has 0 saturated carbocycles. The zero-order valence-corrected chi connectivity index (χ0v) is 21.5. The number of hydrogen-bond acceptors (Lipinski definition) is 4. The summed E-state index contributed by atoms with van der Waals surface area (Å²) in [6.45, 7) is 10.4. The van der Waals surface area contributed by atoms with Gasteiger partial charge in [0.2, 0.25) is 0 Å². The SMILES string of the molecule is CC(C)(C)NC(=O)c1ccc(Cl)cc1CC(=O)C(Cc1cc(F)ccc1F)NC(=O)OC(C)(C)C. The van der Waals surface area contributed by atoms with Gasteiger partial charge in [0.25, 0.3) is 5.91 Å². The van der Waals surface area contributed by atoms with Gasteiger partial charge in [-0.2, -0.15) is 0 Å². The first-order chi connectivity index (χ1) is 16.0. The lowest BCUT2D eigenvalue weighted by Crippen LogP contribution is -2.45. The van der Waals surface area contributed by atoms with E-state index in [0.29, 0.717) is 10.6 Å². The minimum Gasteiger partial charge on any atom is -0.444 e. The molecule has 0 aliphatic heterocycles. The van der Waals surface area contributed by atoms with Crippen molar-refractivity contribution in [1.82, 2.24) is 10.6 Å². The highest BCUT2D eigenvalue weighted by Crippen LogP contribution is 2.20. The van der Waals surface area contributed by atoms with Crippen molar-refractivity contribution in [3.63, 3.8) is 0 Å². The molecule has 2 aromatic carbocycles. The molecular weight excluding hydrogens is 478 g/mol. The zero-order chi connectivity index (χ0) is 26.6. The van der Waals surface area contributed by atoms with Crippen molar-refractivity contribution in [2.75, 3.05) is 0 Å². The number of carbonyl (C=O) groups is 3. The van der Waals surface area contributed by atoms with E-state index in [1.54, 1.807) is 20.8 Å². The lowest BCUT2D eigenvalue weighted by molar-refractivity contribution is -0.120. The first kappa shape index (κ1) is 28.2. The monoisotopic (exact) mass is 508 g/mol. The summed E-state index contributed by atoms with van der Waals surface area (Å²) >= 11 is 6.12. The molecular formula is C26H31ClF2N2O4. The summed E-state index contributed by atoms with van der Waals surface area (Å²) in [7, 11) is 0. The molecule has 2 aromatic rings. The number of benzene rings is 2. The van der Waals surface area contributed by atoms with Crippen molar-refractivity contribution < 1.29 is 27.9 Å². The smallest absolute Gasteiger partial charge is 0.408 e. The Hall–Kier alpha value is -3.00. The first-order valence-electron chi connectivity index (χ1n) is 11.1. The molecule has 0 saturated heterocycles. The number of alkyl carbamates (subject to hydrolysis) is 1. The Morgan fingerprint density at radius 3 is 2.23 bits per heavy atom.